The van der Waals surface area contributed by atoms with Gasteiger partial charge in [0.1, 0.15) is 5.82 Å². The minimum Gasteiger partial charge on any atom is -0.351 e. The fraction of sp³-hybridized carbons (Fsp3) is 0.462. The van der Waals surface area contributed by atoms with Crippen LogP contribution >= 0.6 is 11.8 Å². The fourth-order valence-electron chi connectivity index (χ4n) is 1.74. The van der Waals surface area contributed by atoms with Crippen LogP contribution in [0.3, 0.4) is 0 Å². The molecule has 6 nitrogen and oxygen atoms in total. The minimum absolute atomic E-state index is 0.0450. The highest BCUT2D eigenvalue weighted by Gasteiger charge is 2.06. The number of rotatable bonds is 6. The van der Waals surface area contributed by atoms with E-state index in [0.717, 1.165) is 11.5 Å². The zero-order valence-electron chi connectivity index (χ0n) is 11.9. The van der Waals surface area contributed by atoms with Crippen LogP contribution in [0.1, 0.15) is 23.6 Å². The van der Waals surface area contributed by atoms with Gasteiger partial charge in [-0.25, -0.2) is 4.98 Å². The van der Waals surface area contributed by atoms with Crippen LogP contribution in [-0.2, 0) is 18.4 Å². The summed E-state index contributed by atoms with van der Waals surface area (Å²) in [4.78, 5) is 15.9. The smallest absolute Gasteiger partial charge is 0.221 e. The molecule has 0 aliphatic rings. The molecular weight excluding hydrogens is 274 g/mol. The Labute approximate surface area is 122 Å². The molecule has 0 unspecified atom stereocenters. The molecular formula is C13H19N5OS. The molecule has 2 N–H and O–H groups in total. The van der Waals surface area contributed by atoms with Gasteiger partial charge in [-0.1, -0.05) is 11.8 Å². The summed E-state index contributed by atoms with van der Waals surface area (Å²) in [6, 6.07) is 4.07. The zero-order valence-corrected chi connectivity index (χ0v) is 12.8. The van der Waals surface area contributed by atoms with Crippen molar-refractivity contribution < 1.29 is 4.79 Å². The van der Waals surface area contributed by atoms with Crippen LogP contribution in [0.2, 0.25) is 0 Å². The van der Waals surface area contributed by atoms with Crippen molar-refractivity contribution in [2.24, 2.45) is 7.05 Å². The van der Waals surface area contributed by atoms with E-state index in [1.54, 1.807) is 0 Å². The molecule has 0 bridgehead atoms. The Kier molecular flexibility index (Phi) is 4.84. The first kappa shape index (κ1) is 14.6. The second-order valence-electron chi connectivity index (χ2n) is 4.60. The van der Waals surface area contributed by atoms with E-state index >= 15 is 0 Å². The van der Waals surface area contributed by atoms with Gasteiger partial charge in [0.05, 0.1) is 6.54 Å². The Hall–Kier alpha value is -1.76. The monoisotopic (exact) mass is 293 g/mol. The van der Waals surface area contributed by atoms with Gasteiger partial charge in [-0.15, -0.1) is 5.10 Å². The summed E-state index contributed by atoms with van der Waals surface area (Å²) in [6.45, 7) is 4.46. The molecule has 0 atom stereocenters. The van der Waals surface area contributed by atoms with Crippen LogP contribution < -0.4 is 5.32 Å². The maximum Gasteiger partial charge on any atom is 0.221 e. The first-order valence-electron chi connectivity index (χ1n) is 6.46. The Morgan fingerprint density at radius 2 is 2.25 bits per heavy atom. The summed E-state index contributed by atoms with van der Waals surface area (Å²) >= 11 is 1.48. The molecule has 2 aromatic heterocycles. The average molecular weight is 293 g/mol. The molecule has 2 aromatic rings. The SMILES string of the molecule is Cc1nc(SCCC(=O)NCc2ccc(C)n2C)n[nH]1. The Bertz CT molecular complexity index is 589. The van der Waals surface area contributed by atoms with Gasteiger partial charge in [-0.05, 0) is 26.0 Å². The van der Waals surface area contributed by atoms with Crippen LogP contribution in [0.5, 0.6) is 0 Å². The molecule has 2 rings (SSSR count). The highest BCUT2D eigenvalue weighted by Crippen LogP contribution is 2.13. The number of aryl methyl sites for hydroxylation is 2. The number of thioether (sulfide) groups is 1. The molecule has 0 saturated carbocycles. The molecule has 0 saturated heterocycles. The topological polar surface area (TPSA) is 75.6 Å². The highest BCUT2D eigenvalue weighted by molar-refractivity contribution is 7.99. The lowest BCUT2D eigenvalue weighted by Gasteiger charge is -2.07. The van der Waals surface area contributed by atoms with E-state index in [9.17, 15) is 4.79 Å². The van der Waals surface area contributed by atoms with Gasteiger partial charge in [0.25, 0.3) is 0 Å². The van der Waals surface area contributed by atoms with E-state index in [4.69, 9.17) is 0 Å². The van der Waals surface area contributed by atoms with Crippen molar-refractivity contribution in [2.75, 3.05) is 5.75 Å². The van der Waals surface area contributed by atoms with E-state index in [1.165, 1.54) is 17.5 Å². The van der Waals surface area contributed by atoms with Crippen LogP contribution in [0, 0.1) is 13.8 Å². The molecule has 20 heavy (non-hydrogen) atoms. The number of amides is 1. The van der Waals surface area contributed by atoms with Crippen molar-refractivity contribution in [2.45, 2.75) is 32.0 Å². The van der Waals surface area contributed by atoms with Crippen molar-refractivity contribution in [3.05, 3.63) is 29.3 Å². The van der Waals surface area contributed by atoms with Crippen LogP contribution in [0.25, 0.3) is 0 Å². The Morgan fingerprint density at radius 1 is 1.45 bits per heavy atom. The summed E-state index contributed by atoms with van der Waals surface area (Å²) < 4.78 is 2.07. The number of carbonyl (C=O) groups is 1. The zero-order chi connectivity index (χ0) is 14.5. The predicted molar refractivity (Wildman–Crippen MR) is 78.5 cm³/mol. The molecule has 7 heteroatoms. The van der Waals surface area contributed by atoms with E-state index in [-0.39, 0.29) is 5.91 Å². The predicted octanol–water partition coefficient (Wildman–Crippen LogP) is 1.56. The third kappa shape index (κ3) is 3.86. The van der Waals surface area contributed by atoms with Crippen molar-refractivity contribution >= 4 is 17.7 Å². The van der Waals surface area contributed by atoms with Gasteiger partial charge < -0.3 is 9.88 Å². The average Bonchev–Trinajstić information content (AvgIpc) is 2.96. The maximum atomic E-state index is 11.7. The largest absolute Gasteiger partial charge is 0.351 e. The molecule has 1 amide bonds. The maximum absolute atomic E-state index is 11.7. The summed E-state index contributed by atoms with van der Waals surface area (Å²) in [5.41, 5.74) is 2.29. The standard InChI is InChI=1S/C13H19N5OS/c1-9-4-5-11(18(9)3)8-14-12(19)6-7-20-13-15-10(2)16-17-13/h4-5H,6-8H2,1-3H3,(H,14,19)(H,15,16,17). The normalized spacial score (nSPS) is 10.8. The van der Waals surface area contributed by atoms with Crippen molar-refractivity contribution in [1.29, 1.82) is 0 Å². The van der Waals surface area contributed by atoms with Crippen LogP contribution in [0.15, 0.2) is 17.3 Å². The molecule has 0 aromatic carbocycles. The molecule has 108 valence electrons. The quantitative estimate of drug-likeness (QED) is 0.793. The highest BCUT2D eigenvalue weighted by atomic mass is 32.2. The molecule has 0 spiro atoms. The number of hydrogen-bond acceptors (Lipinski definition) is 4. The van der Waals surface area contributed by atoms with Crippen molar-refractivity contribution in [3.63, 3.8) is 0 Å². The number of hydrogen-bond donors (Lipinski definition) is 2. The van der Waals surface area contributed by atoms with Crippen molar-refractivity contribution in [3.8, 4) is 0 Å². The number of H-pyrrole nitrogens is 1. The molecule has 0 radical (unpaired) electrons. The van der Waals surface area contributed by atoms with E-state index in [1.807, 2.05) is 33.0 Å². The van der Waals surface area contributed by atoms with Gasteiger partial charge in [-0.3, -0.25) is 9.89 Å². The first-order chi connectivity index (χ1) is 9.56. The van der Waals surface area contributed by atoms with Gasteiger partial charge in [0.15, 0.2) is 0 Å². The number of aromatic nitrogens is 4. The van der Waals surface area contributed by atoms with Crippen LogP contribution in [0.4, 0.5) is 0 Å². The van der Waals surface area contributed by atoms with E-state index < -0.39 is 0 Å². The van der Waals surface area contributed by atoms with E-state index in [0.29, 0.717) is 23.9 Å². The molecule has 0 aliphatic carbocycles. The number of nitrogens with one attached hydrogen (secondary N) is 2. The molecule has 0 fully saturated rings. The summed E-state index contributed by atoms with van der Waals surface area (Å²) in [7, 11) is 2.00. The van der Waals surface area contributed by atoms with Gasteiger partial charge in [0.2, 0.25) is 11.1 Å². The summed E-state index contributed by atoms with van der Waals surface area (Å²) in [5.74, 6) is 1.51. The van der Waals surface area contributed by atoms with E-state index in [2.05, 4.69) is 25.1 Å². The van der Waals surface area contributed by atoms with Crippen LogP contribution in [-0.4, -0.2) is 31.4 Å². The lowest BCUT2D eigenvalue weighted by molar-refractivity contribution is -0.120. The first-order valence-corrected chi connectivity index (χ1v) is 7.44. The third-order valence-corrected chi connectivity index (χ3v) is 3.93. The molecule has 0 aliphatic heterocycles. The lowest BCUT2D eigenvalue weighted by Crippen LogP contribution is -2.24. The second kappa shape index (κ2) is 6.60. The Balaban J connectivity index is 1.69. The lowest BCUT2D eigenvalue weighted by atomic mass is 10.4. The fourth-order valence-corrected chi connectivity index (χ4v) is 2.53. The minimum atomic E-state index is 0.0450. The van der Waals surface area contributed by atoms with Gasteiger partial charge in [0, 0.05) is 30.6 Å². The Morgan fingerprint density at radius 3 is 2.85 bits per heavy atom. The van der Waals surface area contributed by atoms with Gasteiger partial charge in [-0.2, -0.15) is 0 Å². The summed E-state index contributed by atoms with van der Waals surface area (Å²) in [6.07, 6.45) is 0.460. The number of aromatic amines is 1. The third-order valence-electron chi connectivity index (χ3n) is 3.08. The number of carbonyl (C=O) groups excluding carboxylic acids is 1. The number of nitrogens with zero attached hydrogens (tertiary/aromatic N) is 3. The summed E-state index contributed by atoms with van der Waals surface area (Å²) in [5, 5.41) is 10.4. The molecule has 2 heterocycles. The van der Waals surface area contributed by atoms with Crippen molar-refractivity contribution in [1.82, 2.24) is 25.1 Å². The second-order valence-corrected chi connectivity index (χ2v) is 5.67. The van der Waals surface area contributed by atoms with Gasteiger partial charge >= 0.3 is 0 Å².